The summed E-state index contributed by atoms with van der Waals surface area (Å²) in [6.45, 7) is 4.25. The van der Waals surface area contributed by atoms with Gasteiger partial charge in [0.15, 0.2) is 0 Å². The van der Waals surface area contributed by atoms with Crippen LogP contribution in [-0.2, 0) is 0 Å². The molecule has 2 atom stereocenters. The molecule has 0 aromatic heterocycles. The molecule has 3 N–H and O–H groups in total. The first-order valence-corrected chi connectivity index (χ1v) is 5.30. The zero-order chi connectivity index (χ0) is 8.81. The first-order valence-electron chi connectivity index (χ1n) is 5.30. The van der Waals surface area contributed by atoms with Crippen LogP contribution >= 0.6 is 0 Å². The van der Waals surface area contributed by atoms with Crippen molar-refractivity contribution in [2.45, 2.75) is 45.1 Å². The minimum absolute atomic E-state index is 0.739. The molecule has 72 valence electrons. The summed E-state index contributed by atoms with van der Waals surface area (Å²) >= 11 is 0. The fourth-order valence-corrected chi connectivity index (χ4v) is 1.87. The monoisotopic (exact) mass is 170 g/mol. The Balaban J connectivity index is 2.09. The number of nitrogens with two attached hydrogens (primary N) is 1. The predicted molar refractivity (Wildman–Crippen MR) is 53.1 cm³/mol. The average molecular weight is 170 g/mol. The highest BCUT2D eigenvalue weighted by Crippen LogP contribution is 2.16. The molecule has 0 amide bonds. The molecule has 1 rings (SSSR count). The van der Waals surface area contributed by atoms with Crippen molar-refractivity contribution in [3.8, 4) is 0 Å². The van der Waals surface area contributed by atoms with Gasteiger partial charge >= 0.3 is 0 Å². The molecule has 0 saturated carbocycles. The average Bonchev–Trinajstić information content (AvgIpc) is 2.15. The summed E-state index contributed by atoms with van der Waals surface area (Å²) in [5.74, 6) is 0.739. The van der Waals surface area contributed by atoms with Crippen molar-refractivity contribution in [1.29, 1.82) is 0 Å². The van der Waals surface area contributed by atoms with Gasteiger partial charge in [-0.15, -0.1) is 0 Å². The molecule has 1 heterocycles. The van der Waals surface area contributed by atoms with E-state index >= 15 is 0 Å². The van der Waals surface area contributed by atoms with Gasteiger partial charge in [-0.1, -0.05) is 19.8 Å². The van der Waals surface area contributed by atoms with Gasteiger partial charge in [0.1, 0.15) is 0 Å². The fraction of sp³-hybridized carbons (Fsp3) is 1.00. The highest BCUT2D eigenvalue weighted by atomic mass is 14.9. The van der Waals surface area contributed by atoms with E-state index < -0.39 is 0 Å². The molecule has 12 heavy (non-hydrogen) atoms. The van der Waals surface area contributed by atoms with Crippen molar-refractivity contribution in [1.82, 2.24) is 5.32 Å². The second-order valence-electron chi connectivity index (χ2n) is 3.93. The molecule has 1 aliphatic rings. The molecule has 1 aliphatic heterocycles. The maximum Gasteiger partial charge on any atom is 0.00673 e. The molecule has 0 aromatic carbocycles. The largest absolute Gasteiger partial charge is 0.330 e. The predicted octanol–water partition coefficient (Wildman–Crippen LogP) is 1.50. The smallest absolute Gasteiger partial charge is 0.00673 e. The first-order chi connectivity index (χ1) is 5.86. The lowest BCUT2D eigenvalue weighted by Gasteiger charge is -2.29. The van der Waals surface area contributed by atoms with E-state index in [1.54, 1.807) is 0 Å². The Bertz CT molecular complexity index is 106. The Hall–Kier alpha value is -0.0800. The SMILES string of the molecule is CCCCC1CCC(CN)CN1. The Morgan fingerprint density at radius 3 is 2.75 bits per heavy atom. The molecule has 1 saturated heterocycles. The van der Waals surface area contributed by atoms with Crippen molar-refractivity contribution in [3.05, 3.63) is 0 Å². The molecule has 0 aliphatic carbocycles. The highest BCUT2D eigenvalue weighted by Gasteiger charge is 2.18. The molecule has 0 aromatic rings. The Labute approximate surface area is 75.9 Å². The summed E-state index contributed by atoms with van der Waals surface area (Å²) in [5.41, 5.74) is 5.61. The summed E-state index contributed by atoms with van der Waals surface area (Å²) in [6, 6.07) is 0.785. The fourth-order valence-electron chi connectivity index (χ4n) is 1.87. The zero-order valence-electron chi connectivity index (χ0n) is 8.18. The van der Waals surface area contributed by atoms with Crippen molar-refractivity contribution in [3.63, 3.8) is 0 Å². The maximum absolute atomic E-state index is 5.61. The number of hydrogen-bond acceptors (Lipinski definition) is 2. The number of rotatable bonds is 4. The van der Waals surface area contributed by atoms with Gasteiger partial charge in [-0.2, -0.15) is 0 Å². The van der Waals surface area contributed by atoms with Gasteiger partial charge in [0, 0.05) is 6.04 Å². The lowest BCUT2D eigenvalue weighted by Crippen LogP contribution is -2.41. The van der Waals surface area contributed by atoms with E-state index in [2.05, 4.69) is 12.2 Å². The van der Waals surface area contributed by atoms with Crippen molar-refractivity contribution >= 4 is 0 Å². The minimum atomic E-state index is 0.739. The van der Waals surface area contributed by atoms with E-state index in [0.29, 0.717) is 0 Å². The van der Waals surface area contributed by atoms with Crippen LogP contribution in [0.3, 0.4) is 0 Å². The van der Waals surface area contributed by atoms with Crippen LogP contribution in [0.15, 0.2) is 0 Å². The maximum atomic E-state index is 5.61. The van der Waals surface area contributed by atoms with Gasteiger partial charge in [0.2, 0.25) is 0 Å². The van der Waals surface area contributed by atoms with E-state index in [-0.39, 0.29) is 0 Å². The Kier molecular flexibility index (Phi) is 4.62. The molecular formula is C10H22N2. The van der Waals surface area contributed by atoms with Gasteiger partial charge in [0.25, 0.3) is 0 Å². The number of nitrogens with one attached hydrogen (secondary N) is 1. The van der Waals surface area contributed by atoms with Gasteiger partial charge in [-0.05, 0) is 38.3 Å². The summed E-state index contributed by atoms with van der Waals surface area (Å²) in [5, 5.41) is 3.57. The van der Waals surface area contributed by atoms with Crippen LogP contribution in [0.5, 0.6) is 0 Å². The lowest BCUT2D eigenvalue weighted by molar-refractivity contribution is 0.301. The quantitative estimate of drug-likeness (QED) is 0.671. The Morgan fingerprint density at radius 2 is 2.25 bits per heavy atom. The highest BCUT2D eigenvalue weighted by molar-refractivity contribution is 4.77. The van der Waals surface area contributed by atoms with E-state index in [0.717, 1.165) is 25.0 Å². The molecule has 2 unspecified atom stereocenters. The number of piperidine rings is 1. The van der Waals surface area contributed by atoms with Crippen LogP contribution < -0.4 is 11.1 Å². The third-order valence-electron chi connectivity index (χ3n) is 2.86. The van der Waals surface area contributed by atoms with Crippen LogP contribution in [-0.4, -0.2) is 19.1 Å². The first kappa shape index (κ1) is 10.0. The second kappa shape index (κ2) is 5.55. The van der Waals surface area contributed by atoms with Crippen molar-refractivity contribution in [2.75, 3.05) is 13.1 Å². The standard InChI is InChI=1S/C10H22N2/c1-2-3-4-10-6-5-9(7-11)8-12-10/h9-10,12H,2-8,11H2,1H3. The van der Waals surface area contributed by atoms with E-state index in [1.165, 1.54) is 32.1 Å². The van der Waals surface area contributed by atoms with Gasteiger partial charge < -0.3 is 11.1 Å². The number of unbranched alkanes of at least 4 members (excludes halogenated alkanes) is 1. The molecule has 1 fully saturated rings. The minimum Gasteiger partial charge on any atom is -0.330 e. The summed E-state index contributed by atoms with van der Waals surface area (Å²) in [6.07, 6.45) is 6.71. The van der Waals surface area contributed by atoms with E-state index in [4.69, 9.17) is 5.73 Å². The van der Waals surface area contributed by atoms with Gasteiger partial charge in [-0.3, -0.25) is 0 Å². The van der Waals surface area contributed by atoms with Crippen LogP contribution in [0.4, 0.5) is 0 Å². The van der Waals surface area contributed by atoms with Gasteiger partial charge in [0.05, 0.1) is 0 Å². The molecule has 2 nitrogen and oxygen atoms in total. The number of hydrogen-bond donors (Lipinski definition) is 2. The van der Waals surface area contributed by atoms with Gasteiger partial charge in [-0.25, -0.2) is 0 Å². The van der Waals surface area contributed by atoms with Crippen LogP contribution in [0, 0.1) is 5.92 Å². The lowest BCUT2D eigenvalue weighted by atomic mass is 9.92. The topological polar surface area (TPSA) is 38.0 Å². The third kappa shape index (κ3) is 3.11. The van der Waals surface area contributed by atoms with Crippen molar-refractivity contribution < 1.29 is 0 Å². The molecule has 0 bridgehead atoms. The normalized spacial score (nSPS) is 30.5. The summed E-state index contributed by atoms with van der Waals surface area (Å²) < 4.78 is 0. The van der Waals surface area contributed by atoms with E-state index in [1.807, 2.05) is 0 Å². The summed E-state index contributed by atoms with van der Waals surface area (Å²) in [4.78, 5) is 0. The second-order valence-corrected chi connectivity index (χ2v) is 3.93. The zero-order valence-corrected chi connectivity index (χ0v) is 8.18. The van der Waals surface area contributed by atoms with E-state index in [9.17, 15) is 0 Å². The Morgan fingerprint density at radius 1 is 1.42 bits per heavy atom. The molecular weight excluding hydrogens is 148 g/mol. The van der Waals surface area contributed by atoms with Crippen molar-refractivity contribution in [2.24, 2.45) is 11.7 Å². The summed E-state index contributed by atoms with van der Waals surface area (Å²) in [7, 11) is 0. The molecule has 0 spiro atoms. The molecule has 0 radical (unpaired) electrons. The third-order valence-corrected chi connectivity index (χ3v) is 2.86. The van der Waals surface area contributed by atoms with Crippen LogP contribution in [0.2, 0.25) is 0 Å². The van der Waals surface area contributed by atoms with Crippen LogP contribution in [0.1, 0.15) is 39.0 Å². The molecule has 2 heteroatoms. The van der Waals surface area contributed by atoms with Crippen LogP contribution in [0.25, 0.3) is 0 Å².